The Balaban J connectivity index is 1.40. The number of hydrogen-bond acceptors (Lipinski definition) is 5. The summed E-state index contributed by atoms with van der Waals surface area (Å²) in [5.41, 5.74) is 5.48. The third kappa shape index (κ3) is 4.51. The largest absolute Gasteiger partial charge is 0.461 e. The average Bonchev–Trinajstić information content (AvgIpc) is 3.26. The lowest BCUT2D eigenvalue weighted by Gasteiger charge is -2.36. The number of fused-ring (bicyclic) bond motifs is 1. The summed E-state index contributed by atoms with van der Waals surface area (Å²) in [4.78, 5) is 3.29. The summed E-state index contributed by atoms with van der Waals surface area (Å²) in [6.45, 7) is -0.248. The van der Waals surface area contributed by atoms with Gasteiger partial charge in [-0.3, -0.25) is 0 Å². The maximum absolute atomic E-state index is 10.4. The minimum absolute atomic E-state index is 0.163. The van der Waals surface area contributed by atoms with E-state index in [0.29, 0.717) is 12.2 Å². The van der Waals surface area contributed by atoms with Crippen molar-refractivity contribution in [1.82, 2.24) is 4.98 Å². The number of H-pyrrole nitrogens is 1. The highest BCUT2D eigenvalue weighted by molar-refractivity contribution is 5.89. The second-order valence-electron chi connectivity index (χ2n) is 8.45. The first-order valence-corrected chi connectivity index (χ1v) is 11.1. The summed E-state index contributed by atoms with van der Waals surface area (Å²) in [5.74, 6) is 0.555. The lowest BCUT2D eigenvalue weighted by Crippen LogP contribution is -2.51. The molecule has 2 heterocycles. The number of aliphatic hydroxyl groups excluding tert-OH is 3. The zero-order valence-corrected chi connectivity index (χ0v) is 18.1. The van der Waals surface area contributed by atoms with Gasteiger partial charge in [-0.2, -0.15) is 0 Å². The molecule has 4 atom stereocenters. The van der Waals surface area contributed by atoms with Gasteiger partial charge >= 0.3 is 0 Å². The normalized spacial score (nSPS) is 23.0. The predicted octanol–water partition coefficient (Wildman–Crippen LogP) is 3.63. The van der Waals surface area contributed by atoms with Gasteiger partial charge < -0.3 is 29.8 Å². The lowest BCUT2D eigenvalue weighted by molar-refractivity contribution is -0.240. The molecule has 0 saturated carbocycles. The van der Waals surface area contributed by atoms with E-state index in [1.165, 1.54) is 11.1 Å². The molecule has 5 rings (SSSR count). The number of ether oxygens (including phenoxy) is 2. The van der Waals surface area contributed by atoms with Gasteiger partial charge in [0.15, 0.2) is 0 Å². The van der Waals surface area contributed by atoms with Crippen molar-refractivity contribution < 1.29 is 24.8 Å². The van der Waals surface area contributed by atoms with Crippen LogP contribution in [0.1, 0.15) is 17.5 Å². The van der Waals surface area contributed by atoms with Gasteiger partial charge in [0.25, 0.3) is 0 Å². The molecular weight excluding hydrogens is 418 g/mol. The predicted molar refractivity (Wildman–Crippen MR) is 126 cm³/mol. The first-order chi connectivity index (χ1) is 16.1. The fourth-order valence-corrected chi connectivity index (χ4v) is 4.38. The van der Waals surface area contributed by atoms with Crippen LogP contribution in [0.3, 0.4) is 0 Å². The Kier molecular flexibility index (Phi) is 6.15. The molecule has 0 unspecified atom stereocenters. The molecular formula is C27H27NO5. The van der Waals surface area contributed by atoms with Gasteiger partial charge in [0.1, 0.15) is 11.9 Å². The van der Waals surface area contributed by atoms with Gasteiger partial charge in [-0.25, -0.2) is 0 Å². The van der Waals surface area contributed by atoms with Crippen LogP contribution in [0.4, 0.5) is 0 Å². The van der Waals surface area contributed by atoms with Crippen LogP contribution >= 0.6 is 0 Å². The third-order valence-corrected chi connectivity index (χ3v) is 6.16. The van der Waals surface area contributed by atoms with E-state index in [9.17, 15) is 15.3 Å². The second-order valence-corrected chi connectivity index (χ2v) is 8.45. The topological polar surface area (TPSA) is 94.9 Å². The molecule has 33 heavy (non-hydrogen) atoms. The van der Waals surface area contributed by atoms with E-state index in [1.54, 1.807) is 0 Å². The Morgan fingerprint density at radius 1 is 0.909 bits per heavy atom. The maximum atomic E-state index is 10.4. The SMILES string of the molecule is OC[C@@H]1C[C@H](O)[C@@H](O)[C@H](Oc2cccc3[nH]cc(Cc4ccc(-c5ccccc5)cc4)c23)O1. The van der Waals surface area contributed by atoms with Gasteiger partial charge in [-0.05, 0) is 40.8 Å². The van der Waals surface area contributed by atoms with Crippen LogP contribution in [0, 0.1) is 0 Å². The van der Waals surface area contributed by atoms with Crippen molar-refractivity contribution in [2.45, 2.75) is 37.4 Å². The molecule has 3 aromatic carbocycles. The van der Waals surface area contributed by atoms with Crippen LogP contribution in [0.25, 0.3) is 22.0 Å². The third-order valence-electron chi connectivity index (χ3n) is 6.16. The minimum atomic E-state index is -1.20. The van der Waals surface area contributed by atoms with Crippen LogP contribution in [0.2, 0.25) is 0 Å². The van der Waals surface area contributed by atoms with Gasteiger partial charge in [0.2, 0.25) is 6.29 Å². The number of nitrogens with one attached hydrogen (secondary N) is 1. The summed E-state index contributed by atoms with van der Waals surface area (Å²) >= 11 is 0. The Bertz CT molecular complexity index is 1200. The summed E-state index contributed by atoms with van der Waals surface area (Å²) in [7, 11) is 0. The Hall–Kier alpha value is -3.16. The fraction of sp³-hybridized carbons (Fsp3) is 0.259. The number of aromatic amines is 1. The van der Waals surface area contributed by atoms with Crippen LogP contribution in [-0.4, -0.2) is 51.5 Å². The van der Waals surface area contributed by atoms with Crippen LogP contribution in [-0.2, 0) is 11.2 Å². The van der Waals surface area contributed by atoms with E-state index in [1.807, 2.05) is 42.6 Å². The zero-order valence-electron chi connectivity index (χ0n) is 18.1. The summed E-state index contributed by atoms with van der Waals surface area (Å²) < 4.78 is 11.7. The molecule has 1 saturated heterocycles. The molecule has 0 aliphatic carbocycles. The molecule has 170 valence electrons. The van der Waals surface area contributed by atoms with E-state index < -0.39 is 24.6 Å². The summed E-state index contributed by atoms with van der Waals surface area (Å²) in [6.07, 6.45) is -1.04. The molecule has 0 spiro atoms. The quantitative estimate of drug-likeness (QED) is 0.364. The number of rotatable bonds is 6. The molecule has 1 aromatic heterocycles. The highest BCUT2D eigenvalue weighted by Crippen LogP contribution is 2.33. The van der Waals surface area contributed by atoms with Crippen molar-refractivity contribution in [3.05, 3.63) is 90.1 Å². The molecule has 0 radical (unpaired) electrons. The van der Waals surface area contributed by atoms with E-state index in [-0.39, 0.29) is 13.0 Å². The molecule has 1 aliphatic rings. The van der Waals surface area contributed by atoms with Gasteiger partial charge in [0, 0.05) is 23.5 Å². The van der Waals surface area contributed by atoms with Crippen molar-refractivity contribution >= 4 is 10.9 Å². The molecule has 0 bridgehead atoms. The maximum Gasteiger partial charge on any atom is 0.229 e. The van der Waals surface area contributed by atoms with E-state index in [4.69, 9.17) is 9.47 Å². The Labute approximate surface area is 192 Å². The average molecular weight is 446 g/mol. The highest BCUT2D eigenvalue weighted by Gasteiger charge is 2.38. The smallest absolute Gasteiger partial charge is 0.229 e. The number of aliphatic hydroxyl groups is 3. The van der Waals surface area contributed by atoms with Crippen molar-refractivity contribution in [3.8, 4) is 16.9 Å². The number of benzene rings is 3. The van der Waals surface area contributed by atoms with Crippen molar-refractivity contribution in [3.63, 3.8) is 0 Å². The van der Waals surface area contributed by atoms with Crippen LogP contribution in [0.5, 0.6) is 5.75 Å². The lowest BCUT2D eigenvalue weighted by atomic mass is 10.00. The number of hydrogen-bond donors (Lipinski definition) is 4. The van der Waals surface area contributed by atoms with Crippen molar-refractivity contribution in [2.24, 2.45) is 0 Å². The van der Waals surface area contributed by atoms with E-state index in [0.717, 1.165) is 22.0 Å². The Morgan fingerprint density at radius 2 is 1.67 bits per heavy atom. The molecule has 6 nitrogen and oxygen atoms in total. The second kappa shape index (κ2) is 9.37. The number of aromatic nitrogens is 1. The molecule has 1 fully saturated rings. The fourth-order valence-electron chi connectivity index (χ4n) is 4.38. The zero-order chi connectivity index (χ0) is 22.8. The standard InChI is InChI=1S/C27H27NO5/c29-16-21-14-23(30)26(31)27(32-21)33-24-8-4-7-22-25(24)20(15-28-22)13-17-9-11-19(12-10-17)18-5-2-1-3-6-18/h1-12,15,21,23,26-31H,13-14,16H2/t21-,23-,26+,27-/m0/s1. The van der Waals surface area contributed by atoms with Gasteiger partial charge in [0.05, 0.1) is 18.8 Å². The minimum Gasteiger partial charge on any atom is -0.461 e. The molecule has 4 aromatic rings. The summed E-state index contributed by atoms with van der Waals surface area (Å²) in [6, 6.07) is 24.4. The summed E-state index contributed by atoms with van der Waals surface area (Å²) in [5, 5.41) is 30.8. The van der Waals surface area contributed by atoms with E-state index in [2.05, 4.69) is 41.4 Å². The van der Waals surface area contributed by atoms with Crippen LogP contribution < -0.4 is 4.74 Å². The highest BCUT2D eigenvalue weighted by atomic mass is 16.7. The van der Waals surface area contributed by atoms with Gasteiger partial charge in [-0.1, -0.05) is 60.7 Å². The van der Waals surface area contributed by atoms with Crippen LogP contribution in [0.15, 0.2) is 79.0 Å². The Morgan fingerprint density at radius 3 is 2.42 bits per heavy atom. The first kappa shape index (κ1) is 21.7. The molecule has 4 N–H and O–H groups in total. The van der Waals surface area contributed by atoms with Crippen molar-refractivity contribution in [2.75, 3.05) is 6.61 Å². The molecule has 6 heteroatoms. The van der Waals surface area contributed by atoms with E-state index >= 15 is 0 Å². The van der Waals surface area contributed by atoms with Gasteiger partial charge in [-0.15, -0.1) is 0 Å². The molecule has 0 amide bonds. The van der Waals surface area contributed by atoms with Crippen molar-refractivity contribution in [1.29, 1.82) is 0 Å². The molecule has 1 aliphatic heterocycles. The monoisotopic (exact) mass is 445 g/mol. The first-order valence-electron chi connectivity index (χ1n) is 11.1.